The molecule has 0 saturated heterocycles. The van der Waals surface area contributed by atoms with Gasteiger partial charge in [-0.2, -0.15) is 0 Å². The quantitative estimate of drug-likeness (QED) is 0.595. The number of fused-ring (bicyclic) bond motifs is 1. The fourth-order valence-corrected chi connectivity index (χ4v) is 2.97. The summed E-state index contributed by atoms with van der Waals surface area (Å²) in [6, 6.07) is 13.3. The maximum absolute atomic E-state index is 12.3. The molecule has 3 aromatic rings. The number of urea groups is 1. The van der Waals surface area contributed by atoms with Gasteiger partial charge in [0.25, 0.3) is 0 Å². The van der Waals surface area contributed by atoms with Crippen molar-refractivity contribution >= 4 is 35.0 Å². The summed E-state index contributed by atoms with van der Waals surface area (Å²) in [6.45, 7) is 1.86. The van der Waals surface area contributed by atoms with Gasteiger partial charge in [-0.25, -0.2) is 4.79 Å². The van der Waals surface area contributed by atoms with Crippen LogP contribution in [0, 0.1) is 6.92 Å². The molecule has 1 aliphatic rings. The van der Waals surface area contributed by atoms with Crippen LogP contribution in [0.4, 0.5) is 16.2 Å². The first-order chi connectivity index (χ1) is 14.0. The zero-order valence-electron chi connectivity index (χ0n) is 15.4. The minimum atomic E-state index is -0.400. The molecule has 29 heavy (non-hydrogen) atoms. The second kappa shape index (κ2) is 7.81. The molecule has 0 aliphatic carbocycles. The van der Waals surface area contributed by atoms with Crippen molar-refractivity contribution in [1.29, 1.82) is 0 Å². The van der Waals surface area contributed by atoms with Crippen LogP contribution in [0.25, 0.3) is 0 Å². The van der Waals surface area contributed by atoms with Gasteiger partial charge in [0.05, 0.1) is 12.1 Å². The molecule has 7 nitrogen and oxygen atoms in total. The standard InChI is InChI=1S/C21H16ClN3O4/c1-12-9-14(5-6-16(12)22)25-21(27)24-13-3-2-4-15(10-13)28-18-7-8-23-17-11-19(26)29-20(17)18/h2-10H,11H2,1H3,(H2,24,25,27). The number of anilines is 2. The predicted molar refractivity (Wildman–Crippen MR) is 109 cm³/mol. The van der Waals surface area contributed by atoms with Gasteiger partial charge < -0.3 is 20.1 Å². The van der Waals surface area contributed by atoms with Crippen LogP contribution in [0.15, 0.2) is 54.7 Å². The van der Waals surface area contributed by atoms with Crippen LogP contribution in [0.1, 0.15) is 11.3 Å². The highest BCUT2D eigenvalue weighted by Gasteiger charge is 2.25. The van der Waals surface area contributed by atoms with Gasteiger partial charge in [0, 0.05) is 34.7 Å². The van der Waals surface area contributed by atoms with Crippen LogP contribution < -0.4 is 20.1 Å². The molecule has 0 spiro atoms. The number of benzene rings is 2. The van der Waals surface area contributed by atoms with E-state index in [0.29, 0.717) is 39.3 Å². The molecule has 2 N–H and O–H groups in total. The highest BCUT2D eigenvalue weighted by molar-refractivity contribution is 6.31. The third-order valence-corrected chi connectivity index (χ3v) is 4.63. The number of carbonyl (C=O) groups is 2. The Kier molecular flexibility index (Phi) is 5.05. The number of esters is 1. The van der Waals surface area contributed by atoms with E-state index < -0.39 is 6.03 Å². The normalized spacial score (nSPS) is 12.1. The van der Waals surface area contributed by atoms with E-state index in [4.69, 9.17) is 21.1 Å². The van der Waals surface area contributed by atoms with Gasteiger partial charge in [-0.3, -0.25) is 9.78 Å². The van der Waals surface area contributed by atoms with Crippen molar-refractivity contribution in [3.05, 3.63) is 71.0 Å². The minimum absolute atomic E-state index is 0.123. The molecular formula is C21H16ClN3O4. The van der Waals surface area contributed by atoms with E-state index in [2.05, 4.69) is 15.6 Å². The van der Waals surface area contributed by atoms with Crippen LogP contribution in [-0.2, 0) is 11.2 Å². The first-order valence-electron chi connectivity index (χ1n) is 8.78. The number of nitrogens with zero attached hydrogens (tertiary/aromatic N) is 1. The van der Waals surface area contributed by atoms with Gasteiger partial charge in [0.2, 0.25) is 0 Å². The second-order valence-electron chi connectivity index (χ2n) is 6.41. The summed E-state index contributed by atoms with van der Waals surface area (Å²) in [5.41, 5.74) is 2.57. The molecule has 2 heterocycles. The fraction of sp³-hybridized carbons (Fsp3) is 0.0952. The van der Waals surface area contributed by atoms with E-state index in [1.165, 1.54) is 0 Å². The van der Waals surface area contributed by atoms with E-state index >= 15 is 0 Å². The number of hydrogen-bond acceptors (Lipinski definition) is 5. The van der Waals surface area contributed by atoms with Crippen molar-refractivity contribution in [1.82, 2.24) is 4.98 Å². The summed E-state index contributed by atoms with van der Waals surface area (Å²) >= 11 is 6.00. The van der Waals surface area contributed by atoms with Gasteiger partial charge in [-0.05, 0) is 42.8 Å². The van der Waals surface area contributed by atoms with Crippen molar-refractivity contribution in [3.63, 3.8) is 0 Å². The Labute approximate surface area is 171 Å². The molecule has 0 radical (unpaired) electrons. The number of pyridine rings is 1. The molecule has 0 atom stereocenters. The lowest BCUT2D eigenvalue weighted by molar-refractivity contribution is -0.131. The number of rotatable bonds is 4. The number of carbonyl (C=O) groups excluding carboxylic acids is 2. The number of ether oxygens (including phenoxy) is 2. The van der Waals surface area contributed by atoms with E-state index in [1.807, 2.05) is 6.92 Å². The molecule has 4 rings (SSSR count). The Bertz CT molecular complexity index is 1120. The first kappa shape index (κ1) is 18.8. The number of aryl methyl sites for hydroxylation is 1. The summed E-state index contributed by atoms with van der Waals surface area (Å²) in [6.07, 6.45) is 1.68. The molecule has 8 heteroatoms. The lowest BCUT2D eigenvalue weighted by Gasteiger charge is -2.11. The first-order valence-corrected chi connectivity index (χ1v) is 9.16. The third-order valence-electron chi connectivity index (χ3n) is 4.21. The van der Waals surface area contributed by atoms with Crippen LogP contribution in [0.3, 0.4) is 0 Å². The van der Waals surface area contributed by atoms with Crippen molar-refractivity contribution in [2.75, 3.05) is 10.6 Å². The molecule has 1 aliphatic heterocycles. The van der Waals surface area contributed by atoms with Crippen molar-refractivity contribution in [3.8, 4) is 17.2 Å². The van der Waals surface area contributed by atoms with Crippen LogP contribution in [-0.4, -0.2) is 17.0 Å². The molecule has 2 amide bonds. The number of amides is 2. The monoisotopic (exact) mass is 409 g/mol. The highest BCUT2D eigenvalue weighted by atomic mass is 35.5. The molecule has 0 saturated carbocycles. The third kappa shape index (κ3) is 4.30. The largest absolute Gasteiger partial charge is 0.453 e. The summed E-state index contributed by atoms with van der Waals surface area (Å²) < 4.78 is 11.0. The lowest BCUT2D eigenvalue weighted by atomic mass is 10.2. The maximum Gasteiger partial charge on any atom is 0.323 e. The van der Waals surface area contributed by atoms with E-state index in [1.54, 1.807) is 54.7 Å². The topological polar surface area (TPSA) is 89.6 Å². The van der Waals surface area contributed by atoms with Crippen LogP contribution in [0.5, 0.6) is 17.2 Å². The molecule has 0 bridgehead atoms. The summed E-state index contributed by atoms with van der Waals surface area (Å²) in [5, 5.41) is 6.13. The Hall–Kier alpha value is -3.58. The van der Waals surface area contributed by atoms with Crippen molar-refractivity contribution in [2.45, 2.75) is 13.3 Å². The van der Waals surface area contributed by atoms with E-state index in [-0.39, 0.29) is 12.4 Å². The Morgan fingerprint density at radius 1 is 1.14 bits per heavy atom. The lowest BCUT2D eigenvalue weighted by Crippen LogP contribution is -2.19. The van der Waals surface area contributed by atoms with Crippen molar-refractivity contribution in [2.24, 2.45) is 0 Å². The van der Waals surface area contributed by atoms with Gasteiger partial charge in [-0.1, -0.05) is 17.7 Å². The average Bonchev–Trinajstić information content (AvgIpc) is 3.06. The second-order valence-corrected chi connectivity index (χ2v) is 6.82. The Morgan fingerprint density at radius 3 is 2.72 bits per heavy atom. The molecule has 146 valence electrons. The molecule has 2 aromatic carbocycles. The molecule has 0 unspecified atom stereocenters. The van der Waals surface area contributed by atoms with Crippen molar-refractivity contribution < 1.29 is 19.1 Å². The number of hydrogen-bond donors (Lipinski definition) is 2. The summed E-state index contributed by atoms with van der Waals surface area (Å²) in [7, 11) is 0. The predicted octanol–water partition coefficient (Wildman–Crippen LogP) is 4.94. The smallest absolute Gasteiger partial charge is 0.323 e. The maximum atomic E-state index is 12.3. The Morgan fingerprint density at radius 2 is 1.93 bits per heavy atom. The highest BCUT2D eigenvalue weighted by Crippen LogP contribution is 2.37. The fourth-order valence-electron chi connectivity index (χ4n) is 2.85. The zero-order valence-corrected chi connectivity index (χ0v) is 16.1. The van der Waals surface area contributed by atoms with Gasteiger partial charge in [0.15, 0.2) is 11.5 Å². The van der Waals surface area contributed by atoms with Gasteiger partial charge >= 0.3 is 12.0 Å². The number of halogens is 1. The number of aromatic nitrogens is 1. The minimum Gasteiger partial charge on any atom is -0.453 e. The average molecular weight is 410 g/mol. The molecule has 0 fully saturated rings. The van der Waals surface area contributed by atoms with Gasteiger partial charge in [0.1, 0.15) is 5.75 Å². The van der Waals surface area contributed by atoms with Crippen LogP contribution >= 0.6 is 11.6 Å². The number of nitrogens with one attached hydrogen (secondary N) is 2. The summed E-state index contributed by atoms with van der Waals surface area (Å²) in [4.78, 5) is 27.9. The summed E-state index contributed by atoms with van der Waals surface area (Å²) in [5.74, 6) is 0.820. The van der Waals surface area contributed by atoms with Gasteiger partial charge in [-0.15, -0.1) is 0 Å². The van der Waals surface area contributed by atoms with E-state index in [9.17, 15) is 9.59 Å². The molecule has 1 aromatic heterocycles. The van der Waals surface area contributed by atoms with E-state index in [0.717, 1.165) is 5.56 Å². The zero-order chi connectivity index (χ0) is 20.4. The SMILES string of the molecule is Cc1cc(NC(=O)Nc2cccc(Oc3ccnc4c3OC(=O)C4)c2)ccc1Cl. The Balaban J connectivity index is 1.45. The van der Waals surface area contributed by atoms with Crippen LogP contribution in [0.2, 0.25) is 5.02 Å². The molecular weight excluding hydrogens is 394 g/mol.